The molecular weight excluding hydrogens is 390 g/mol. The molecule has 8 heteroatoms. The quantitative estimate of drug-likeness (QED) is 0.646. The molecule has 1 atom stereocenters. The van der Waals surface area contributed by atoms with E-state index in [1.165, 1.54) is 18.4 Å². The molecule has 0 bridgehead atoms. The number of esters is 1. The Kier molecular flexibility index (Phi) is 5.93. The molecule has 1 unspecified atom stereocenters. The molecule has 1 aliphatic rings. The number of fused-ring (bicyclic) bond motifs is 1. The standard InChI is InChI=1S/C21H25N3O4S/c1-6-13-12(4)29-20(18(13)21(27)28-5)24-17(25)9-16-19(26)23-15-8-11(3)10(2)7-14(15)22-16/h7-8,16,22H,6,9H2,1-5H3,(H,23,26)(H,24,25). The molecule has 2 heterocycles. The summed E-state index contributed by atoms with van der Waals surface area (Å²) >= 11 is 1.34. The van der Waals surface area contributed by atoms with Gasteiger partial charge in [-0.05, 0) is 56.0 Å². The van der Waals surface area contributed by atoms with E-state index in [9.17, 15) is 14.4 Å². The van der Waals surface area contributed by atoms with Crippen molar-refractivity contribution in [2.24, 2.45) is 0 Å². The molecule has 0 aliphatic carbocycles. The number of carbonyl (C=O) groups excluding carboxylic acids is 3. The second-order valence-electron chi connectivity index (χ2n) is 7.11. The largest absolute Gasteiger partial charge is 0.465 e. The van der Waals surface area contributed by atoms with E-state index in [4.69, 9.17) is 4.74 Å². The van der Waals surface area contributed by atoms with Gasteiger partial charge in [-0.15, -0.1) is 11.3 Å². The van der Waals surface area contributed by atoms with Crippen molar-refractivity contribution in [3.05, 3.63) is 39.3 Å². The van der Waals surface area contributed by atoms with Gasteiger partial charge < -0.3 is 20.7 Å². The van der Waals surface area contributed by atoms with Crippen molar-refractivity contribution >= 4 is 45.5 Å². The van der Waals surface area contributed by atoms with Gasteiger partial charge in [0.1, 0.15) is 11.0 Å². The first-order valence-electron chi connectivity index (χ1n) is 9.44. The molecule has 0 fully saturated rings. The van der Waals surface area contributed by atoms with E-state index in [-0.39, 0.29) is 18.2 Å². The SMILES string of the molecule is CCc1c(C)sc(NC(=O)CC2Nc3cc(C)c(C)cc3NC2=O)c1C(=O)OC. The van der Waals surface area contributed by atoms with E-state index in [0.717, 1.165) is 27.3 Å². The third kappa shape index (κ3) is 4.12. The minimum absolute atomic E-state index is 0.0583. The van der Waals surface area contributed by atoms with Gasteiger partial charge in [-0.3, -0.25) is 9.59 Å². The van der Waals surface area contributed by atoms with Crippen LogP contribution in [0.1, 0.15) is 45.3 Å². The van der Waals surface area contributed by atoms with Gasteiger partial charge in [-0.1, -0.05) is 6.92 Å². The third-order valence-corrected chi connectivity index (χ3v) is 6.20. The topological polar surface area (TPSA) is 96.5 Å². The number of aryl methyl sites for hydroxylation is 3. The van der Waals surface area contributed by atoms with Crippen molar-refractivity contribution in [1.82, 2.24) is 0 Å². The molecular formula is C21H25N3O4S. The summed E-state index contributed by atoms with van der Waals surface area (Å²) in [5, 5.41) is 9.25. The van der Waals surface area contributed by atoms with Crippen LogP contribution in [-0.2, 0) is 20.7 Å². The minimum atomic E-state index is -0.696. The van der Waals surface area contributed by atoms with Gasteiger partial charge in [0.25, 0.3) is 0 Å². The molecule has 2 aromatic rings. The van der Waals surface area contributed by atoms with Gasteiger partial charge in [-0.25, -0.2) is 4.79 Å². The Hall–Kier alpha value is -2.87. The maximum atomic E-state index is 12.7. The van der Waals surface area contributed by atoms with Crippen molar-refractivity contribution < 1.29 is 19.1 Å². The highest BCUT2D eigenvalue weighted by Gasteiger charge is 2.29. The van der Waals surface area contributed by atoms with Crippen LogP contribution in [0.4, 0.5) is 16.4 Å². The monoisotopic (exact) mass is 415 g/mol. The summed E-state index contributed by atoms with van der Waals surface area (Å²) in [6.45, 7) is 7.83. The summed E-state index contributed by atoms with van der Waals surface area (Å²) in [5.74, 6) is -1.09. The van der Waals surface area contributed by atoms with Crippen LogP contribution in [0.2, 0.25) is 0 Å². The fourth-order valence-corrected chi connectivity index (χ4v) is 4.58. The van der Waals surface area contributed by atoms with Crippen molar-refractivity contribution in [3.8, 4) is 0 Å². The molecule has 1 aliphatic heterocycles. The molecule has 29 heavy (non-hydrogen) atoms. The van der Waals surface area contributed by atoms with Crippen molar-refractivity contribution in [3.63, 3.8) is 0 Å². The summed E-state index contributed by atoms with van der Waals surface area (Å²) in [4.78, 5) is 38.3. The fourth-order valence-electron chi connectivity index (χ4n) is 3.43. The van der Waals surface area contributed by atoms with Crippen LogP contribution in [-0.4, -0.2) is 30.9 Å². The van der Waals surface area contributed by atoms with Crippen LogP contribution in [0.3, 0.4) is 0 Å². The van der Waals surface area contributed by atoms with Gasteiger partial charge in [0.2, 0.25) is 11.8 Å². The van der Waals surface area contributed by atoms with E-state index >= 15 is 0 Å². The van der Waals surface area contributed by atoms with E-state index in [2.05, 4.69) is 16.0 Å². The number of carbonyl (C=O) groups is 3. The third-order valence-electron chi connectivity index (χ3n) is 5.13. The molecule has 0 spiro atoms. The smallest absolute Gasteiger partial charge is 0.341 e. The molecule has 1 aromatic carbocycles. The fraction of sp³-hybridized carbons (Fsp3) is 0.381. The number of rotatable bonds is 5. The number of benzene rings is 1. The average Bonchev–Trinajstić information content (AvgIpc) is 2.98. The summed E-state index contributed by atoms with van der Waals surface area (Å²) < 4.78 is 4.88. The molecule has 0 saturated heterocycles. The van der Waals surface area contributed by atoms with E-state index in [1.807, 2.05) is 39.8 Å². The molecule has 0 saturated carbocycles. The summed E-state index contributed by atoms with van der Waals surface area (Å²) in [6.07, 6.45) is 0.599. The molecule has 3 N–H and O–H groups in total. The van der Waals surface area contributed by atoms with E-state index < -0.39 is 12.0 Å². The van der Waals surface area contributed by atoms with Crippen LogP contribution in [0.5, 0.6) is 0 Å². The zero-order valence-corrected chi connectivity index (χ0v) is 18.0. The normalized spacial score (nSPS) is 15.2. The number of nitrogens with one attached hydrogen (secondary N) is 3. The number of hydrogen-bond acceptors (Lipinski definition) is 6. The highest BCUT2D eigenvalue weighted by molar-refractivity contribution is 7.16. The number of anilines is 3. The second-order valence-corrected chi connectivity index (χ2v) is 8.33. The van der Waals surface area contributed by atoms with Crippen LogP contribution in [0, 0.1) is 20.8 Å². The minimum Gasteiger partial charge on any atom is -0.465 e. The maximum absolute atomic E-state index is 12.7. The summed E-state index contributed by atoms with van der Waals surface area (Å²) in [7, 11) is 1.32. The van der Waals surface area contributed by atoms with Crippen LogP contribution in [0.15, 0.2) is 12.1 Å². The summed E-state index contributed by atoms with van der Waals surface area (Å²) in [6, 6.07) is 3.17. The highest BCUT2D eigenvalue weighted by Crippen LogP contribution is 2.35. The number of ether oxygens (including phenoxy) is 1. The molecule has 154 valence electrons. The Morgan fingerprint density at radius 3 is 2.45 bits per heavy atom. The number of amides is 2. The molecule has 3 rings (SSSR count). The predicted octanol–water partition coefficient (Wildman–Crippen LogP) is 3.78. The van der Waals surface area contributed by atoms with Gasteiger partial charge >= 0.3 is 5.97 Å². The second kappa shape index (κ2) is 8.24. The Balaban J connectivity index is 1.77. The lowest BCUT2D eigenvalue weighted by molar-refractivity contribution is -0.122. The first kappa shape index (κ1) is 20.9. The Bertz CT molecular complexity index is 996. The van der Waals surface area contributed by atoms with Crippen molar-refractivity contribution in [1.29, 1.82) is 0 Å². The molecule has 2 amide bonds. The molecule has 7 nitrogen and oxygen atoms in total. The number of hydrogen-bond donors (Lipinski definition) is 3. The number of thiophene rings is 1. The Morgan fingerprint density at radius 2 is 1.83 bits per heavy atom. The van der Waals surface area contributed by atoms with Crippen LogP contribution < -0.4 is 16.0 Å². The van der Waals surface area contributed by atoms with Gasteiger partial charge in [0.15, 0.2) is 0 Å². The van der Waals surface area contributed by atoms with Crippen LogP contribution in [0.25, 0.3) is 0 Å². The first-order valence-corrected chi connectivity index (χ1v) is 10.3. The molecule has 0 radical (unpaired) electrons. The van der Waals surface area contributed by atoms with Crippen molar-refractivity contribution in [2.75, 3.05) is 23.1 Å². The van der Waals surface area contributed by atoms with Gasteiger partial charge in [0, 0.05) is 4.88 Å². The van der Waals surface area contributed by atoms with E-state index in [1.54, 1.807) is 0 Å². The number of methoxy groups -OCH3 is 1. The van der Waals surface area contributed by atoms with E-state index in [0.29, 0.717) is 22.7 Å². The zero-order valence-electron chi connectivity index (χ0n) is 17.2. The van der Waals surface area contributed by atoms with Crippen molar-refractivity contribution in [2.45, 2.75) is 46.6 Å². The Morgan fingerprint density at radius 1 is 1.17 bits per heavy atom. The van der Waals surface area contributed by atoms with Crippen LogP contribution >= 0.6 is 11.3 Å². The lowest BCUT2D eigenvalue weighted by Crippen LogP contribution is -2.41. The van der Waals surface area contributed by atoms with Gasteiger partial charge in [-0.2, -0.15) is 0 Å². The molecule has 1 aromatic heterocycles. The lowest BCUT2D eigenvalue weighted by Gasteiger charge is -2.27. The first-order chi connectivity index (χ1) is 13.7. The maximum Gasteiger partial charge on any atom is 0.341 e. The predicted molar refractivity (Wildman–Crippen MR) is 115 cm³/mol. The van der Waals surface area contributed by atoms with Gasteiger partial charge in [0.05, 0.1) is 30.5 Å². The lowest BCUT2D eigenvalue weighted by atomic mass is 10.0. The Labute approximate surface area is 173 Å². The summed E-state index contributed by atoms with van der Waals surface area (Å²) in [5.41, 5.74) is 4.94. The zero-order chi connectivity index (χ0) is 21.3. The average molecular weight is 416 g/mol. The highest BCUT2D eigenvalue weighted by atomic mass is 32.1.